The van der Waals surface area contributed by atoms with Gasteiger partial charge in [-0.2, -0.15) is 0 Å². The number of ether oxygens (including phenoxy) is 2. The number of aliphatic hydroxyl groups excluding tert-OH is 1. The van der Waals surface area contributed by atoms with E-state index in [2.05, 4.69) is 30.6 Å². The highest BCUT2D eigenvalue weighted by atomic mass is 19.1. The van der Waals surface area contributed by atoms with Crippen molar-refractivity contribution in [3.63, 3.8) is 0 Å². The Kier molecular flexibility index (Phi) is 6.68. The Hall–Kier alpha value is -4.52. The van der Waals surface area contributed by atoms with Gasteiger partial charge in [-0.25, -0.2) is 23.7 Å². The molecule has 1 aliphatic rings. The van der Waals surface area contributed by atoms with Gasteiger partial charge in [0.15, 0.2) is 17.4 Å². The van der Waals surface area contributed by atoms with Crippen molar-refractivity contribution in [1.29, 1.82) is 0 Å². The minimum Gasteiger partial charge on any atom is -0.464 e. The molecule has 1 aromatic carbocycles. The van der Waals surface area contributed by atoms with Gasteiger partial charge in [-0.1, -0.05) is 6.92 Å². The fraction of sp³-hybridized carbons (Fsp3) is 0.280. The first-order valence-electron chi connectivity index (χ1n) is 11.7. The molecule has 13 heteroatoms. The second-order valence-electron chi connectivity index (χ2n) is 9.29. The smallest absolute Gasteiger partial charge is 0.289 e. The van der Waals surface area contributed by atoms with Gasteiger partial charge < -0.3 is 34.8 Å². The van der Waals surface area contributed by atoms with Crippen LogP contribution in [0.15, 0.2) is 48.1 Å². The van der Waals surface area contributed by atoms with Crippen molar-refractivity contribution in [2.24, 2.45) is 17.5 Å². The number of aryl methyl sites for hydroxylation is 1. The van der Waals surface area contributed by atoms with Crippen molar-refractivity contribution >= 4 is 28.6 Å². The summed E-state index contributed by atoms with van der Waals surface area (Å²) in [5.74, 6) is -2.99. The van der Waals surface area contributed by atoms with Crippen LogP contribution in [0.5, 0.6) is 11.5 Å². The van der Waals surface area contributed by atoms with Crippen LogP contribution in [0.25, 0.3) is 11.0 Å². The number of fused-ring (bicyclic) bond motifs is 1. The van der Waals surface area contributed by atoms with Crippen molar-refractivity contribution in [3.8, 4) is 11.5 Å². The highest BCUT2D eigenvalue weighted by Crippen LogP contribution is 2.35. The summed E-state index contributed by atoms with van der Waals surface area (Å²) in [4.78, 5) is 28.2. The van der Waals surface area contributed by atoms with E-state index >= 15 is 0 Å². The van der Waals surface area contributed by atoms with Crippen molar-refractivity contribution in [2.75, 3.05) is 25.1 Å². The maximum atomic E-state index is 15.0. The number of amides is 1. The molecule has 0 fully saturated rings. The number of aliphatic imine (C=N–C) groups is 1. The van der Waals surface area contributed by atoms with Gasteiger partial charge in [0.1, 0.15) is 18.0 Å². The zero-order valence-electron chi connectivity index (χ0n) is 20.6. The Bertz CT molecular complexity index is 1510. The van der Waals surface area contributed by atoms with Gasteiger partial charge in [0.2, 0.25) is 0 Å². The van der Waals surface area contributed by atoms with Crippen LogP contribution in [0.1, 0.15) is 23.0 Å². The van der Waals surface area contributed by atoms with Gasteiger partial charge in [0.25, 0.3) is 11.9 Å². The molecule has 38 heavy (non-hydrogen) atoms. The number of nitrogens with zero attached hydrogens (tertiary/aromatic N) is 4. The highest BCUT2D eigenvalue weighted by Gasteiger charge is 2.29. The maximum Gasteiger partial charge on any atom is 0.289 e. The molecule has 5 rings (SSSR count). The van der Waals surface area contributed by atoms with Gasteiger partial charge in [-0.05, 0) is 6.07 Å². The number of nitrogens with one attached hydrogen (secondary N) is 3. The lowest BCUT2D eigenvalue weighted by atomic mass is 9.93. The summed E-state index contributed by atoms with van der Waals surface area (Å²) >= 11 is 0. The fourth-order valence-electron chi connectivity index (χ4n) is 3.84. The summed E-state index contributed by atoms with van der Waals surface area (Å²) in [7, 11) is 1.81. The normalized spacial score (nSPS) is 17.1. The quantitative estimate of drug-likeness (QED) is 0.291. The lowest BCUT2D eigenvalue weighted by molar-refractivity contribution is 0.0706. The van der Waals surface area contributed by atoms with Crippen LogP contribution >= 0.6 is 0 Å². The summed E-state index contributed by atoms with van der Waals surface area (Å²) in [6.07, 6.45) is 6.11. The van der Waals surface area contributed by atoms with E-state index in [1.165, 1.54) is 18.5 Å². The topological polar surface area (TPSA) is 139 Å². The molecule has 0 radical (unpaired) electrons. The number of carbonyl (C=O) groups excluding carboxylic acids is 1. The number of anilines is 1. The number of rotatable bonds is 7. The molecule has 4 heterocycles. The van der Waals surface area contributed by atoms with Gasteiger partial charge >= 0.3 is 0 Å². The number of aromatic nitrogens is 4. The first kappa shape index (κ1) is 25.1. The third-order valence-electron chi connectivity index (χ3n) is 6.13. The van der Waals surface area contributed by atoms with Crippen molar-refractivity contribution in [1.82, 2.24) is 24.8 Å². The lowest BCUT2D eigenvalue weighted by Gasteiger charge is -2.30. The Morgan fingerprint density at radius 3 is 2.79 bits per heavy atom. The largest absolute Gasteiger partial charge is 0.464 e. The standard InChI is InChI=1S/C25H25F2N7O4/c1-25(11-35)10-32-24(37-12-25)33-14-5-17(26)21(18(27)6-14)38-19-3-4-29-22-20(19)16(9-30-22)23(36)31-8-15-7-28-13-34(15)2/h3-7,9,13,35H,8,10-12H2,1-2H3,(H,29,30)(H,31,36)(H,32,33). The molecule has 0 saturated carbocycles. The Morgan fingerprint density at radius 2 is 2.13 bits per heavy atom. The minimum atomic E-state index is -0.980. The van der Waals surface area contributed by atoms with Gasteiger partial charge in [-0.3, -0.25) is 4.79 Å². The molecule has 1 amide bonds. The van der Waals surface area contributed by atoms with E-state index in [1.807, 2.05) is 14.0 Å². The Morgan fingerprint density at radius 1 is 1.34 bits per heavy atom. The molecule has 1 atom stereocenters. The van der Waals surface area contributed by atoms with Gasteiger partial charge in [0.05, 0.1) is 42.7 Å². The molecule has 1 aliphatic heterocycles. The second-order valence-corrected chi connectivity index (χ2v) is 9.29. The lowest BCUT2D eigenvalue weighted by Crippen LogP contribution is -2.38. The van der Waals surface area contributed by atoms with E-state index in [-0.39, 0.29) is 48.2 Å². The summed E-state index contributed by atoms with van der Waals surface area (Å²) in [5, 5.41) is 15.2. The van der Waals surface area contributed by atoms with E-state index < -0.39 is 28.7 Å². The molecule has 0 spiro atoms. The van der Waals surface area contributed by atoms with E-state index in [9.17, 15) is 18.7 Å². The van der Waals surface area contributed by atoms with Crippen molar-refractivity contribution in [3.05, 3.63) is 66.0 Å². The van der Waals surface area contributed by atoms with Gasteiger partial charge in [-0.15, -0.1) is 0 Å². The van der Waals surface area contributed by atoms with E-state index in [0.717, 1.165) is 17.8 Å². The number of imidazole rings is 1. The van der Waals surface area contributed by atoms with E-state index in [1.54, 1.807) is 17.1 Å². The van der Waals surface area contributed by atoms with Crippen LogP contribution in [0.2, 0.25) is 0 Å². The average molecular weight is 526 g/mol. The van der Waals surface area contributed by atoms with Crippen LogP contribution in [0, 0.1) is 17.0 Å². The summed E-state index contributed by atoms with van der Waals surface area (Å²) in [6.45, 7) is 2.44. The third-order valence-corrected chi connectivity index (χ3v) is 6.13. The van der Waals surface area contributed by atoms with Crippen LogP contribution < -0.4 is 15.4 Å². The first-order chi connectivity index (χ1) is 18.3. The zero-order valence-corrected chi connectivity index (χ0v) is 20.6. The number of benzene rings is 1. The molecule has 4 aromatic rings. The number of carbonyl (C=O) groups is 1. The first-order valence-corrected chi connectivity index (χ1v) is 11.7. The number of aromatic amines is 1. The third kappa shape index (κ3) is 5.00. The minimum absolute atomic E-state index is 0.0451. The predicted octanol–water partition coefficient (Wildman–Crippen LogP) is 3.09. The molecular weight excluding hydrogens is 500 g/mol. The van der Waals surface area contributed by atoms with E-state index in [0.29, 0.717) is 12.2 Å². The summed E-state index contributed by atoms with van der Waals surface area (Å²) in [6, 6.07) is 3.60. The Labute approximate surface area is 215 Å². The number of hydrogen-bond acceptors (Lipinski definition) is 8. The van der Waals surface area contributed by atoms with Crippen LogP contribution in [0.3, 0.4) is 0 Å². The van der Waals surface area contributed by atoms with Crippen molar-refractivity contribution in [2.45, 2.75) is 13.5 Å². The average Bonchev–Trinajstić information content (AvgIpc) is 3.53. The van der Waals surface area contributed by atoms with Crippen LogP contribution in [0.4, 0.5) is 14.5 Å². The fourth-order valence-corrected chi connectivity index (χ4v) is 3.84. The molecule has 198 valence electrons. The zero-order chi connectivity index (χ0) is 26.9. The monoisotopic (exact) mass is 525 g/mol. The Balaban J connectivity index is 1.36. The molecule has 0 saturated heterocycles. The number of hydrogen-bond donors (Lipinski definition) is 4. The number of halogens is 2. The second kappa shape index (κ2) is 10.1. The highest BCUT2D eigenvalue weighted by molar-refractivity contribution is 6.08. The van der Waals surface area contributed by atoms with Gasteiger partial charge in [0, 0.05) is 48.9 Å². The molecule has 11 nitrogen and oxygen atoms in total. The SMILES string of the molecule is Cn1cncc1CNC(=O)c1c[nH]c2nccc(Oc3c(F)cc(NC4=NCC(C)(CO)CO4)cc3F)c12. The van der Waals surface area contributed by atoms with Crippen LogP contribution in [-0.4, -0.2) is 56.3 Å². The molecule has 1 unspecified atom stereocenters. The molecule has 0 bridgehead atoms. The molecule has 0 aliphatic carbocycles. The van der Waals surface area contributed by atoms with Crippen LogP contribution in [-0.2, 0) is 18.3 Å². The van der Waals surface area contributed by atoms with E-state index in [4.69, 9.17) is 9.47 Å². The number of pyridine rings is 1. The number of H-pyrrole nitrogens is 1. The number of amidine groups is 1. The predicted molar refractivity (Wildman–Crippen MR) is 134 cm³/mol. The molecular formula is C25H25F2N7O4. The summed E-state index contributed by atoms with van der Waals surface area (Å²) in [5.41, 5.74) is 0.858. The number of aliphatic hydroxyl groups is 1. The van der Waals surface area contributed by atoms with Crippen molar-refractivity contribution < 1.29 is 28.2 Å². The molecule has 3 aromatic heterocycles. The maximum absolute atomic E-state index is 15.0. The molecule has 4 N–H and O–H groups in total. The summed E-state index contributed by atoms with van der Waals surface area (Å²) < 4.78 is 42.9.